The van der Waals surface area contributed by atoms with Crippen LogP contribution in [0.1, 0.15) is 13.8 Å². The Balaban J connectivity index is 0.00000237. The fraction of sp³-hybridized carbons (Fsp3) is 0.0303. The molecule has 0 saturated carbocycles. The monoisotopic (exact) mass is 892 g/mol. The van der Waals surface area contributed by atoms with Gasteiger partial charge < -0.3 is 0 Å². The van der Waals surface area contributed by atoms with Gasteiger partial charge in [-0.2, -0.15) is 0 Å². The third-order valence-electron chi connectivity index (χ3n) is 13.8. The normalized spacial score (nSPS) is 11.6. The lowest BCUT2D eigenvalue weighted by atomic mass is 9.87. The minimum absolute atomic E-state index is 0.711. The first-order valence-electron chi connectivity index (χ1n) is 24.1. The maximum absolute atomic E-state index is 5.21. The van der Waals surface area contributed by atoms with E-state index in [2.05, 4.69) is 231 Å². The van der Waals surface area contributed by atoms with Gasteiger partial charge in [0.1, 0.15) is 0 Å². The molecule has 0 radical (unpaired) electrons. The fourth-order valence-electron chi connectivity index (χ4n) is 10.6. The molecule has 4 heteroatoms. The van der Waals surface area contributed by atoms with Crippen LogP contribution in [0.4, 0.5) is 0 Å². The lowest BCUT2D eigenvalue weighted by Gasteiger charge is -2.18. The van der Waals surface area contributed by atoms with E-state index in [0.717, 1.165) is 55.1 Å². The Kier molecular flexibility index (Phi) is 9.91. The Labute approximate surface area is 405 Å². The maximum Gasteiger partial charge on any atom is 0.160 e. The van der Waals surface area contributed by atoms with E-state index in [0.29, 0.717) is 11.6 Å². The van der Waals surface area contributed by atoms with Gasteiger partial charge in [0, 0.05) is 32.7 Å². The number of benzene rings is 12. The van der Waals surface area contributed by atoms with Crippen LogP contribution >= 0.6 is 0 Å². The minimum atomic E-state index is 0.711. The summed E-state index contributed by atoms with van der Waals surface area (Å²) in [6.45, 7) is 4.00. The Morgan fingerprint density at radius 3 is 0.714 bits per heavy atom. The molecular formula is C66H44N4. The summed E-state index contributed by atoms with van der Waals surface area (Å²) in [7, 11) is 0. The van der Waals surface area contributed by atoms with Gasteiger partial charge in [-0.3, -0.25) is 0 Å². The molecule has 2 heterocycles. The predicted molar refractivity (Wildman–Crippen MR) is 294 cm³/mol. The van der Waals surface area contributed by atoms with Crippen molar-refractivity contribution in [2.75, 3.05) is 0 Å². The molecule has 14 rings (SSSR count). The number of rotatable bonds is 7. The average molecular weight is 893 g/mol. The van der Waals surface area contributed by atoms with E-state index in [1.54, 1.807) is 0 Å². The summed E-state index contributed by atoms with van der Waals surface area (Å²) in [4.78, 5) is 20.8. The van der Waals surface area contributed by atoms with Gasteiger partial charge in [-0.25, -0.2) is 19.9 Å². The summed E-state index contributed by atoms with van der Waals surface area (Å²) in [6.07, 6.45) is 0. The Morgan fingerprint density at radius 1 is 0.214 bits per heavy atom. The van der Waals surface area contributed by atoms with E-state index in [1.807, 2.05) is 13.8 Å². The molecule has 0 saturated heterocycles. The molecule has 0 amide bonds. The third-order valence-corrected chi connectivity index (χ3v) is 13.8. The quantitative estimate of drug-likeness (QED) is 0.150. The summed E-state index contributed by atoms with van der Waals surface area (Å²) < 4.78 is 0. The second-order valence-electron chi connectivity index (χ2n) is 17.7. The van der Waals surface area contributed by atoms with E-state index in [1.165, 1.54) is 76.8 Å². The van der Waals surface area contributed by atoms with Crippen LogP contribution in [0.5, 0.6) is 0 Å². The highest BCUT2D eigenvalue weighted by atomic mass is 14.9. The summed E-state index contributed by atoms with van der Waals surface area (Å²) in [5.41, 5.74) is 17.5. The van der Waals surface area contributed by atoms with Gasteiger partial charge in [0.15, 0.2) is 11.6 Å². The predicted octanol–water partition coefficient (Wildman–Crippen LogP) is 17.8. The molecular weight excluding hydrogens is 849 g/mol. The number of hydrogen-bond donors (Lipinski definition) is 0. The zero-order valence-corrected chi connectivity index (χ0v) is 38.7. The van der Waals surface area contributed by atoms with Gasteiger partial charge in [0.2, 0.25) is 0 Å². The number of aromatic nitrogens is 4. The second kappa shape index (κ2) is 16.9. The summed E-state index contributed by atoms with van der Waals surface area (Å²) in [6, 6.07) is 82.1. The van der Waals surface area contributed by atoms with Crippen LogP contribution in [0, 0.1) is 0 Å². The molecule has 0 aliphatic carbocycles. The standard InChI is InChI=1S/C64H38N4.C2H6/c1-5-13-41(14-6-1)51-37-52(42-15-7-2-8-16-42)48-30-34-56-61-55(33-29-47(51)59(48)61)65-63(66-56)45-25-21-39(22-26-45)40-23-27-46(28-24-40)64-67-57-35-31-49-53(43-17-9-3-10-18-43)38-54(44-19-11-4-12-20-44)50-32-36-58(68-64)62(57)60(49)50;1-2/h1-38H;1-2H3. The van der Waals surface area contributed by atoms with Crippen molar-refractivity contribution in [3.05, 3.63) is 231 Å². The average Bonchev–Trinajstić information content (AvgIpc) is 3.45. The molecule has 70 heavy (non-hydrogen) atoms. The second-order valence-corrected chi connectivity index (χ2v) is 17.7. The highest BCUT2D eigenvalue weighted by Crippen LogP contribution is 2.46. The van der Waals surface area contributed by atoms with Gasteiger partial charge in [-0.05, 0) is 114 Å². The van der Waals surface area contributed by atoms with Crippen molar-refractivity contribution in [3.63, 3.8) is 0 Å². The van der Waals surface area contributed by atoms with Crippen LogP contribution in [0.15, 0.2) is 231 Å². The van der Waals surface area contributed by atoms with Crippen LogP contribution in [0.3, 0.4) is 0 Å². The largest absolute Gasteiger partial charge is 0.228 e. The summed E-state index contributed by atoms with van der Waals surface area (Å²) in [5, 5.41) is 9.42. The lowest BCUT2D eigenvalue weighted by Crippen LogP contribution is -1.96. The van der Waals surface area contributed by atoms with Gasteiger partial charge in [0.25, 0.3) is 0 Å². The fourth-order valence-corrected chi connectivity index (χ4v) is 10.6. The topological polar surface area (TPSA) is 51.6 Å². The van der Waals surface area contributed by atoms with Crippen molar-refractivity contribution >= 4 is 65.2 Å². The molecule has 4 nitrogen and oxygen atoms in total. The first-order valence-corrected chi connectivity index (χ1v) is 24.1. The summed E-state index contributed by atoms with van der Waals surface area (Å²) in [5.74, 6) is 1.42. The van der Waals surface area contributed by atoms with Gasteiger partial charge in [-0.1, -0.05) is 208 Å². The van der Waals surface area contributed by atoms with Gasteiger partial charge >= 0.3 is 0 Å². The smallest absolute Gasteiger partial charge is 0.160 e. The highest BCUT2D eigenvalue weighted by molar-refractivity contribution is 6.28. The van der Waals surface area contributed by atoms with Crippen molar-refractivity contribution in [2.24, 2.45) is 0 Å². The molecule has 0 aliphatic heterocycles. The number of hydrogen-bond acceptors (Lipinski definition) is 4. The molecule has 12 aromatic carbocycles. The third kappa shape index (κ3) is 6.76. The van der Waals surface area contributed by atoms with E-state index in [9.17, 15) is 0 Å². The molecule has 0 aliphatic rings. The van der Waals surface area contributed by atoms with Gasteiger partial charge in [-0.15, -0.1) is 0 Å². The molecule has 0 unspecified atom stereocenters. The van der Waals surface area contributed by atoms with Crippen molar-refractivity contribution in [1.82, 2.24) is 19.9 Å². The molecule has 0 fully saturated rings. The van der Waals surface area contributed by atoms with Crippen molar-refractivity contribution in [2.45, 2.75) is 13.8 Å². The van der Waals surface area contributed by atoms with Crippen LogP contribution in [0.25, 0.3) is 144 Å². The molecule has 0 spiro atoms. The Morgan fingerprint density at radius 2 is 0.457 bits per heavy atom. The van der Waals surface area contributed by atoms with E-state index >= 15 is 0 Å². The molecule has 14 aromatic rings. The van der Waals surface area contributed by atoms with E-state index in [-0.39, 0.29) is 0 Å². The lowest BCUT2D eigenvalue weighted by molar-refractivity contribution is 1.26. The van der Waals surface area contributed by atoms with Crippen molar-refractivity contribution in [3.8, 4) is 78.4 Å². The molecule has 0 atom stereocenters. The van der Waals surface area contributed by atoms with Gasteiger partial charge in [0.05, 0.1) is 22.1 Å². The van der Waals surface area contributed by atoms with Crippen LogP contribution < -0.4 is 0 Å². The van der Waals surface area contributed by atoms with Crippen LogP contribution in [-0.4, -0.2) is 19.9 Å². The molecule has 2 aromatic heterocycles. The Hall–Kier alpha value is -9.12. The van der Waals surface area contributed by atoms with Crippen LogP contribution in [-0.2, 0) is 0 Å². The van der Waals surface area contributed by atoms with Crippen molar-refractivity contribution in [1.29, 1.82) is 0 Å². The zero-order chi connectivity index (χ0) is 46.7. The molecule has 0 bridgehead atoms. The van der Waals surface area contributed by atoms with Crippen LogP contribution in [0.2, 0.25) is 0 Å². The Bertz CT molecular complexity index is 3700. The SMILES string of the molecule is CC.c1ccc(-c2cc(-c3ccccc3)c3ccc4nc(-c5ccc(-c6ccc(-c7nc8ccc9c(-c%10ccccc%10)cc(-c%10ccccc%10)c%10ccc(n7)c8c9%10)cc6)cc5)nc5ccc2c3c54)cc1. The minimum Gasteiger partial charge on any atom is -0.228 e. The highest BCUT2D eigenvalue weighted by Gasteiger charge is 2.21. The van der Waals surface area contributed by atoms with E-state index < -0.39 is 0 Å². The van der Waals surface area contributed by atoms with Crippen molar-refractivity contribution < 1.29 is 0 Å². The molecule has 328 valence electrons. The maximum atomic E-state index is 5.21. The zero-order valence-electron chi connectivity index (χ0n) is 38.7. The first-order chi connectivity index (χ1) is 34.7. The number of nitrogens with zero attached hydrogens (tertiary/aromatic N) is 4. The first kappa shape index (κ1) is 41.1. The van der Waals surface area contributed by atoms with E-state index in [4.69, 9.17) is 19.9 Å². The summed E-state index contributed by atoms with van der Waals surface area (Å²) >= 11 is 0. The molecule has 0 N–H and O–H groups in total.